The zero-order chi connectivity index (χ0) is 30.8. The minimum Gasteiger partial charge on any atom is -0.402 e. The number of ether oxygens (including phenoxy) is 4. The number of hydrogen-bond donors (Lipinski definition) is 2. The molecule has 2 N–H and O–H groups in total. The molecule has 7 nitrogen and oxygen atoms in total. The van der Waals surface area contributed by atoms with Crippen LogP contribution in [0, 0.1) is 0 Å². The van der Waals surface area contributed by atoms with Crippen molar-refractivity contribution in [2.45, 2.75) is 210 Å². The molecule has 5 unspecified atom stereocenters. The Hall–Kier alpha value is -0.990. The molecule has 3 fully saturated rings. The minimum atomic E-state index is -1.77. The summed E-state index contributed by atoms with van der Waals surface area (Å²) in [5.41, 5.74) is 0. The molecule has 0 saturated heterocycles. The van der Waals surface area contributed by atoms with Crippen molar-refractivity contribution in [1.29, 1.82) is 0 Å². The van der Waals surface area contributed by atoms with Crippen molar-refractivity contribution in [3.8, 4) is 0 Å². The van der Waals surface area contributed by atoms with E-state index in [2.05, 4.69) is 6.58 Å². The lowest BCUT2D eigenvalue weighted by Gasteiger charge is -2.43. The molecule has 3 aliphatic carbocycles. The molecular formula is C36H64O7. The summed E-state index contributed by atoms with van der Waals surface area (Å²) < 4.78 is 26.7. The molecule has 0 bridgehead atoms. The highest BCUT2D eigenvalue weighted by atomic mass is 16.9. The largest absolute Gasteiger partial charge is 0.402 e. The summed E-state index contributed by atoms with van der Waals surface area (Å²) in [5.74, 6) is -2.38. The molecular weight excluding hydrogens is 544 g/mol. The standard InChI is InChI=1S/C36H64O7/c1-3-35(39)43-36(41-31-24-18-12-8-5-9-13-19-25-31,29(2)40-30-22-16-10-6-4-7-11-17-23-30)42-32-26-20-14-15-21-27-33(37)34(38)28-32/h3,29-34,37-38H,1,4-28H2,2H3. The van der Waals surface area contributed by atoms with E-state index in [1.165, 1.54) is 64.2 Å². The van der Waals surface area contributed by atoms with E-state index in [-0.39, 0.29) is 18.6 Å². The van der Waals surface area contributed by atoms with Gasteiger partial charge in [-0.3, -0.25) is 0 Å². The van der Waals surface area contributed by atoms with Crippen molar-refractivity contribution in [3.05, 3.63) is 12.7 Å². The first-order valence-electron chi connectivity index (χ1n) is 18.1. The SMILES string of the molecule is C=CC(=O)OC(OC1CCCCCCCCC1)(OC1CCCCCCC(O)C(O)C1)C(C)OC1CCCCCCCCC1. The maximum Gasteiger partial charge on any atom is 0.357 e. The third-order valence-electron chi connectivity index (χ3n) is 9.79. The van der Waals surface area contributed by atoms with E-state index in [0.717, 1.165) is 83.1 Å². The fourth-order valence-corrected chi connectivity index (χ4v) is 7.09. The van der Waals surface area contributed by atoms with Crippen molar-refractivity contribution in [2.24, 2.45) is 0 Å². The van der Waals surface area contributed by atoms with E-state index < -0.39 is 36.4 Å². The van der Waals surface area contributed by atoms with E-state index in [1.807, 2.05) is 6.92 Å². The monoisotopic (exact) mass is 608 g/mol. The molecule has 5 atom stereocenters. The van der Waals surface area contributed by atoms with Crippen LogP contribution in [0.4, 0.5) is 0 Å². The smallest absolute Gasteiger partial charge is 0.357 e. The van der Waals surface area contributed by atoms with Gasteiger partial charge in [-0.2, -0.15) is 0 Å². The Kier molecular flexibility index (Phi) is 17.8. The van der Waals surface area contributed by atoms with Crippen LogP contribution in [-0.4, -0.2) is 58.8 Å². The summed E-state index contributed by atoms with van der Waals surface area (Å²) in [7, 11) is 0. The van der Waals surface area contributed by atoms with E-state index in [0.29, 0.717) is 12.8 Å². The summed E-state index contributed by atoms with van der Waals surface area (Å²) >= 11 is 0. The van der Waals surface area contributed by atoms with Gasteiger partial charge in [0.05, 0.1) is 30.5 Å². The third kappa shape index (κ3) is 13.9. The lowest BCUT2D eigenvalue weighted by Crippen LogP contribution is -2.56. The van der Waals surface area contributed by atoms with Crippen LogP contribution < -0.4 is 0 Å². The Morgan fingerprint density at radius 1 is 0.628 bits per heavy atom. The van der Waals surface area contributed by atoms with Crippen LogP contribution >= 0.6 is 0 Å². The summed E-state index contributed by atoms with van der Waals surface area (Å²) in [6.45, 7) is 5.60. The average molecular weight is 609 g/mol. The number of esters is 1. The summed E-state index contributed by atoms with van der Waals surface area (Å²) in [4.78, 5) is 13.0. The number of hydrogen-bond acceptors (Lipinski definition) is 7. The van der Waals surface area contributed by atoms with Gasteiger partial charge in [-0.25, -0.2) is 4.79 Å². The Labute approximate surface area is 262 Å². The van der Waals surface area contributed by atoms with Gasteiger partial charge in [0.25, 0.3) is 0 Å². The van der Waals surface area contributed by atoms with E-state index in [4.69, 9.17) is 18.9 Å². The normalized spacial score (nSPS) is 29.4. The molecule has 3 rings (SSSR count). The molecule has 0 aromatic rings. The first kappa shape index (κ1) is 36.5. The first-order valence-corrected chi connectivity index (χ1v) is 18.1. The minimum absolute atomic E-state index is 0.0302. The molecule has 0 radical (unpaired) electrons. The van der Waals surface area contributed by atoms with E-state index >= 15 is 0 Å². The lowest BCUT2D eigenvalue weighted by atomic mass is 9.95. The Bertz CT molecular complexity index is 740. The Balaban J connectivity index is 1.91. The van der Waals surface area contributed by atoms with Gasteiger partial charge in [0.15, 0.2) is 0 Å². The third-order valence-corrected chi connectivity index (χ3v) is 9.79. The summed E-state index contributed by atoms with van der Waals surface area (Å²) in [6.07, 6.45) is 24.0. The van der Waals surface area contributed by atoms with Gasteiger partial charge in [-0.1, -0.05) is 122 Å². The van der Waals surface area contributed by atoms with Gasteiger partial charge in [0.2, 0.25) is 0 Å². The van der Waals surface area contributed by atoms with Crippen molar-refractivity contribution in [1.82, 2.24) is 0 Å². The van der Waals surface area contributed by atoms with Crippen molar-refractivity contribution in [3.63, 3.8) is 0 Å². The second-order valence-electron chi connectivity index (χ2n) is 13.6. The van der Waals surface area contributed by atoms with Gasteiger partial charge in [-0.15, -0.1) is 0 Å². The second-order valence-corrected chi connectivity index (χ2v) is 13.6. The highest BCUT2D eigenvalue weighted by Gasteiger charge is 2.49. The molecule has 3 aliphatic rings. The van der Waals surface area contributed by atoms with Gasteiger partial charge >= 0.3 is 11.9 Å². The molecule has 0 spiro atoms. The maximum atomic E-state index is 13.0. The molecule has 250 valence electrons. The number of aliphatic hydroxyl groups excluding tert-OH is 2. The number of aliphatic hydroxyl groups is 2. The van der Waals surface area contributed by atoms with Crippen LogP contribution in [0.2, 0.25) is 0 Å². The highest BCUT2D eigenvalue weighted by Crippen LogP contribution is 2.35. The van der Waals surface area contributed by atoms with Crippen molar-refractivity contribution in [2.75, 3.05) is 0 Å². The zero-order valence-electron chi connectivity index (χ0n) is 27.4. The predicted molar refractivity (Wildman–Crippen MR) is 171 cm³/mol. The molecule has 43 heavy (non-hydrogen) atoms. The Morgan fingerprint density at radius 3 is 1.51 bits per heavy atom. The molecule has 3 saturated carbocycles. The van der Waals surface area contributed by atoms with Gasteiger partial charge < -0.3 is 29.2 Å². The number of carbonyl (C=O) groups is 1. The molecule has 0 heterocycles. The van der Waals surface area contributed by atoms with Crippen LogP contribution in [0.3, 0.4) is 0 Å². The van der Waals surface area contributed by atoms with Crippen LogP contribution in [0.15, 0.2) is 12.7 Å². The predicted octanol–water partition coefficient (Wildman–Crippen LogP) is 8.43. The maximum absolute atomic E-state index is 13.0. The van der Waals surface area contributed by atoms with E-state index in [9.17, 15) is 15.0 Å². The topological polar surface area (TPSA) is 94.5 Å². The molecule has 0 aromatic carbocycles. The van der Waals surface area contributed by atoms with Crippen LogP contribution in [0.5, 0.6) is 0 Å². The molecule has 0 amide bonds. The van der Waals surface area contributed by atoms with E-state index in [1.54, 1.807) is 0 Å². The fourth-order valence-electron chi connectivity index (χ4n) is 7.09. The van der Waals surface area contributed by atoms with Crippen LogP contribution in [0.25, 0.3) is 0 Å². The van der Waals surface area contributed by atoms with Crippen molar-refractivity contribution < 1.29 is 34.0 Å². The molecule has 0 aromatic heterocycles. The number of carbonyl (C=O) groups excluding carboxylic acids is 1. The van der Waals surface area contributed by atoms with Crippen LogP contribution in [0.1, 0.15) is 167 Å². The number of rotatable bonds is 9. The summed E-state index contributed by atoms with van der Waals surface area (Å²) in [5, 5.41) is 21.5. The molecule has 0 aliphatic heterocycles. The zero-order valence-corrected chi connectivity index (χ0v) is 27.4. The average Bonchev–Trinajstić information content (AvgIpc) is 3.00. The van der Waals surface area contributed by atoms with Crippen LogP contribution in [-0.2, 0) is 23.7 Å². The quantitative estimate of drug-likeness (QED) is 0.154. The van der Waals surface area contributed by atoms with Gasteiger partial charge in [0.1, 0.15) is 6.10 Å². The summed E-state index contributed by atoms with van der Waals surface area (Å²) in [6, 6.07) is 0. The lowest BCUT2D eigenvalue weighted by molar-refractivity contribution is -0.425. The van der Waals surface area contributed by atoms with Crippen molar-refractivity contribution >= 4 is 5.97 Å². The van der Waals surface area contributed by atoms with Gasteiger partial charge in [-0.05, 0) is 45.4 Å². The second kappa shape index (κ2) is 20.9. The fraction of sp³-hybridized carbons (Fsp3) is 0.917. The molecule has 7 heteroatoms. The highest BCUT2D eigenvalue weighted by molar-refractivity contribution is 5.81. The van der Waals surface area contributed by atoms with Gasteiger partial charge in [0, 0.05) is 12.5 Å². The Morgan fingerprint density at radius 2 is 1.02 bits per heavy atom. The first-order chi connectivity index (χ1) is 20.9.